The van der Waals surface area contributed by atoms with Crippen LogP contribution in [0.2, 0.25) is 0 Å². The summed E-state index contributed by atoms with van der Waals surface area (Å²) in [5.41, 5.74) is 12.3. The zero-order chi connectivity index (χ0) is 16.3. The molecule has 3 aromatic rings. The Kier molecular flexibility index (Phi) is 3.24. The molecule has 0 aliphatic carbocycles. The number of aryl methyl sites for hydroxylation is 6. The van der Waals surface area contributed by atoms with Gasteiger partial charge < -0.3 is 0 Å². The fraction of sp³-hybridized carbons (Fsp3) is 0.400. The van der Waals surface area contributed by atoms with Crippen molar-refractivity contribution < 1.29 is 0 Å². The normalized spacial score (nSPS) is 11.6. The number of rotatable bonds is 0. The van der Waals surface area contributed by atoms with Crippen molar-refractivity contribution in [1.82, 2.24) is 9.97 Å². The van der Waals surface area contributed by atoms with E-state index >= 15 is 0 Å². The van der Waals surface area contributed by atoms with E-state index in [-0.39, 0.29) is 0 Å². The molecule has 0 bridgehead atoms. The lowest BCUT2D eigenvalue weighted by Gasteiger charge is -2.18. The second-order valence-electron chi connectivity index (χ2n) is 6.59. The van der Waals surface area contributed by atoms with Crippen molar-refractivity contribution in [3.63, 3.8) is 0 Å². The summed E-state index contributed by atoms with van der Waals surface area (Å²) < 4.78 is 0. The molecule has 0 unspecified atom stereocenters. The molecule has 0 radical (unpaired) electrons. The van der Waals surface area contributed by atoms with Crippen LogP contribution in [0.25, 0.3) is 21.8 Å². The smallest absolute Gasteiger partial charge is 0.0807 e. The van der Waals surface area contributed by atoms with E-state index in [9.17, 15) is 0 Å². The largest absolute Gasteiger partial charge is 0.252 e. The monoisotopic (exact) mass is 292 g/mol. The Morgan fingerprint density at radius 2 is 0.818 bits per heavy atom. The fourth-order valence-electron chi connectivity index (χ4n) is 3.45. The summed E-state index contributed by atoms with van der Waals surface area (Å²) in [4.78, 5) is 9.85. The number of pyridine rings is 2. The van der Waals surface area contributed by atoms with Crippen molar-refractivity contribution in [2.45, 2.75) is 55.4 Å². The first-order valence-electron chi connectivity index (χ1n) is 7.89. The second-order valence-corrected chi connectivity index (χ2v) is 6.59. The summed E-state index contributed by atoms with van der Waals surface area (Å²) in [5.74, 6) is 0. The van der Waals surface area contributed by atoms with Gasteiger partial charge in [0.2, 0.25) is 0 Å². The Bertz CT molecular complexity index is 950. The molecule has 2 heterocycles. The number of aromatic nitrogens is 2. The number of nitrogens with zero attached hydrogens (tertiary/aromatic N) is 2. The summed E-state index contributed by atoms with van der Waals surface area (Å²) in [6.07, 6.45) is 0. The molecule has 114 valence electrons. The predicted octanol–water partition coefficient (Wildman–Crippen LogP) is 5.25. The van der Waals surface area contributed by atoms with E-state index in [4.69, 9.17) is 9.97 Å². The van der Waals surface area contributed by atoms with Gasteiger partial charge in [0.1, 0.15) is 0 Å². The molecule has 0 saturated carbocycles. The Morgan fingerprint density at radius 3 is 1.36 bits per heavy atom. The lowest BCUT2D eigenvalue weighted by atomic mass is 9.91. The highest BCUT2D eigenvalue weighted by Crippen LogP contribution is 2.36. The maximum Gasteiger partial charge on any atom is 0.0807 e. The Labute approximate surface area is 132 Å². The predicted molar refractivity (Wildman–Crippen MR) is 94.9 cm³/mol. The minimum atomic E-state index is 1.11. The first kappa shape index (κ1) is 15.0. The molecule has 0 aliphatic rings. The summed E-state index contributed by atoms with van der Waals surface area (Å²) in [6.45, 7) is 17.3. The van der Waals surface area contributed by atoms with Crippen LogP contribution in [0.1, 0.15) is 44.8 Å². The van der Waals surface area contributed by atoms with Crippen molar-refractivity contribution in [3.8, 4) is 0 Å². The molecular formula is C20H24N2. The lowest BCUT2D eigenvalue weighted by Crippen LogP contribution is -2.03. The maximum absolute atomic E-state index is 4.96. The van der Waals surface area contributed by atoms with Crippen LogP contribution < -0.4 is 0 Å². The molecule has 2 nitrogen and oxygen atoms in total. The number of benzene rings is 1. The van der Waals surface area contributed by atoms with E-state index < -0.39 is 0 Å². The highest BCUT2D eigenvalue weighted by atomic mass is 14.7. The van der Waals surface area contributed by atoms with Crippen molar-refractivity contribution in [2.75, 3.05) is 0 Å². The number of hydrogen-bond donors (Lipinski definition) is 0. The molecule has 0 saturated heterocycles. The van der Waals surface area contributed by atoms with Crippen LogP contribution in [0.15, 0.2) is 0 Å². The highest BCUT2D eigenvalue weighted by Gasteiger charge is 2.18. The maximum atomic E-state index is 4.96. The minimum Gasteiger partial charge on any atom is -0.252 e. The minimum absolute atomic E-state index is 1.11. The SMILES string of the molecule is Cc1nc2c(c(C)c1C)c(C)c(C)c1nc(C)c(C)c(C)c12. The van der Waals surface area contributed by atoms with Gasteiger partial charge in [0.15, 0.2) is 0 Å². The molecule has 0 spiro atoms. The van der Waals surface area contributed by atoms with Crippen LogP contribution in [0.5, 0.6) is 0 Å². The van der Waals surface area contributed by atoms with Crippen LogP contribution in [-0.2, 0) is 0 Å². The molecular weight excluding hydrogens is 268 g/mol. The first-order chi connectivity index (χ1) is 10.3. The van der Waals surface area contributed by atoms with E-state index in [1.54, 1.807) is 0 Å². The van der Waals surface area contributed by atoms with E-state index in [1.165, 1.54) is 44.2 Å². The van der Waals surface area contributed by atoms with Gasteiger partial charge >= 0.3 is 0 Å². The number of hydrogen-bond acceptors (Lipinski definition) is 2. The highest BCUT2D eigenvalue weighted by molar-refractivity contribution is 6.10. The zero-order valence-electron chi connectivity index (χ0n) is 14.9. The quantitative estimate of drug-likeness (QED) is 0.529. The van der Waals surface area contributed by atoms with Gasteiger partial charge in [-0.05, 0) is 88.8 Å². The first-order valence-corrected chi connectivity index (χ1v) is 7.89. The molecule has 0 aliphatic heterocycles. The van der Waals surface area contributed by atoms with Crippen molar-refractivity contribution in [2.24, 2.45) is 0 Å². The van der Waals surface area contributed by atoms with E-state index in [1.807, 2.05) is 0 Å². The third-order valence-corrected chi connectivity index (χ3v) is 5.52. The molecule has 2 aromatic heterocycles. The van der Waals surface area contributed by atoms with Crippen molar-refractivity contribution >= 4 is 21.8 Å². The molecule has 2 heteroatoms. The molecule has 3 rings (SSSR count). The van der Waals surface area contributed by atoms with Gasteiger partial charge in [-0.2, -0.15) is 0 Å². The average Bonchev–Trinajstić information content (AvgIpc) is 2.47. The summed E-state index contributed by atoms with van der Waals surface area (Å²) in [5, 5.41) is 2.54. The Balaban J connectivity index is 2.75. The molecule has 22 heavy (non-hydrogen) atoms. The van der Waals surface area contributed by atoms with Crippen molar-refractivity contribution in [1.29, 1.82) is 0 Å². The molecule has 0 atom stereocenters. The topological polar surface area (TPSA) is 25.8 Å². The van der Waals surface area contributed by atoms with Gasteiger partial charge in [0, 0.05) is 22.2 Å². The van der Waals surface area contributed by atoms with Gasteiger partial charge in [-0.25, -0.2) is 0 Å². The Morgan fingerprint density at radius 1 is 0.409 bits per heavy atom. The van der Waals surface area contributed by atoms with Crippen molar-refractivity contribution in [3.05, 3.63) is 44.8 Å². The van der Waals surface area contributed by atoms with Crippen LogP contribution in [0.4, 0.5) is 0 Å². The Hall–Kier alpha value is -1.96. The van der Waals surface area contributed by atoms with Crippen LogP contribution >= 0.6 is 0 Å². The summed E-state index contributed by atoms with van der Waals surface area (Å²) in [6, 6.07) is 0. The van der Waals surface area contributed by atoms with Gasteiger partial charge in [0.05, 0.1) is 11.0 Å². The van der Waals surface area contributed by atoms with Crippen LogP contribution in [-0.4, -0.2) is 9.97 Å². The number of fused-ring (bicyclic) bond motifs is 3. The van der Waals surface area contributed by atoms with Gasteiger partial charge in [0.25, 0.3) is 0 Å². The average molecular weight is 292 g/mol. The van der Waals surface area contributed by atoms with E-state index in [0.29, 0.717) is 0 Å². The fourth-order valence-corrected chi connectivity index (χ4v) is 3.45. The summed E-state index contributed by atoms with van der Waals surface area (Å²) in [7, 11) is 0. The van der Waals surface area contributed by atoms with Crippen LogP contribution in [0.3, 0.4) is 0 Å². The van der Waals surface area contributed by atoms with E-state index in [2.05, 4.69) is 55.4 Å². The van der Waals surface area contributed by atoms with Gasteiger partial charge in [-0.1, -0.05) is 0 Å². The second kappa shape index (κ2) is 4.77. The van der Waals surface area contributed by atoms with E-state index in [0.717, 1.165) is 22.4 Å². The molecule has 0 fully saturated rings. The van der Waals surface area contributed by atoms with Crippen LogP contribution in [0, 0.1) is 55.4 Å². The third kappa shape index (κ3) is 1.79. The standard InChI is InChI=1S/C20H24N2/c1-9-11(3)17-13(5)14(6)19-18(20(17)22-16(9)8)12(4)10(2)15(7)21-19/h1-8H3. The molecule has 1 aromatic carbocycles. The molecule has 0 amide bonds. The zero-order valence-corrected chi connectivity index (χ0v) is 14.9. The van der Waals surface area contributed by atoms with Gasteiger partial charge in [-0.15, -0.1) is 0 Å². The lowest BCUT2D eigenvalue weighted by molar-refractivity contribution is 1.14. The summed E-state index contributed by atoms with van der Waals surface area (Å²) >= 11 is 0. The molecule has 0 N–H and O–H groups in total. The third-order valence-electron chi connectivity index (χ3n) is 5.52. The van der Waals surface area contributed by atoms with Gasteiger partial charge in [-0.3, -0.25) is 9.97 Å².